The number of allylic oxidation sites excluding steroid dienone is 2. The third-order valence-corrected chi connectivity index (χ3v) is 8.13. The summed E-state index contributed by atoms with van der Waals surface area (Å²) in [6.45, 7) is 3.81. The number of hydrogen-bond acceptors (Lipinski definition) is 4. The Morgan fingerprint density at radius 2 is 1.89 bits per heavy atom. The summed E-state index contributed by atoms with van der Waals surface area (Å²) in [5.74, 6) is 0.728. The molecule has 0 unspecified atom stereocenters. The van der Waals surface area contributed by atoms with Gasteiger partial charge in [0.15, 0.2) is 0 Å². The maximum atomic E-state index is 12.6. The van der Waals surface area contributed by atoms with E-state index >= 15 is 0 Å². The van der Waals surface area contributed by atoms with E-state index in [0.717, 1.165) is 22.6 Å². The zero-order chi connectivity index (χ0) is 24.4. The standard InChI is InChI=1S/C29H28ClN3OS/c1-18(32-33-29(34)19(2)35-23-14-12-22(30)13-15-23)21-11-16-27-26(17-21)24-9-6-10-25(24)28(31-27)20-7-4-3-5-8-20/h3-9,11-17,19,24-25,28,31H,10H2,1-2H3,(H,33,34)/b32-18-/t19-,24-,25+,28+/m1/s1. The lowest BCUT2D eigenvalue weighted by Gasteiger charge is -2.37. The van der Waals surface area contributed by atoms with Gasteiger partial charge in [-0.3, -0.25) is 4.79 Å². The van der Waals surface area contributed by atoms with Gasteiger partial charge in [-0.25, -0.2) is 5.43 Å². The molecular formula is C29H28ClN3OS. The summed E-state index contributed by atoms with van der Waals surface area (Å²) in [7, 11) is 0. The van der Waals surface area contributed by atoms with Crippen molar-refractivity contribution in [2.24, 2.45) is 11.0 Å². The van der Waals surface area contributed by atoms with Gasteiger partial charge in [-0.2, -0.15) is 5.10 Å². The number of hydrazone groups is 1. The predicted octanol–water partition coefficient (Wildman–Crippen LogP) is 7.19. The molecular weight excluding hydrogens is 474 g/mol. The van der Waals surface area contributed by atoms with Crippen LogP contribution in [0.2, 0.25) is 5.02 Å². The Hall–Kier alpha value is -3.02. The van der Waals surface area contributed by atoms with E-state index in [-0.39, 0.29) is 11.2 Å². The fourth-order valence-corrected chi connectivity index (χ4v) is 5.86. The quantitative estimate of drug-likeness (QED) is 0.163. The van der Waals surface area contributed by atoms with Gasteiger partial charge in [0.05, 0.1) is 17.0 Å². The van der Waals surface area contributed by atoms with E-state index in [1.165, 1.54) is 28.6 Å². The molecule has 1 aliphatic carbocycles. The van der Waals surface area contributed by atoms with Crippen molar-refractivity contribution in [3.8, 4) is 0 Å². The van der Waals surface area contributed by atoms with E-state index in [2.05, 4.69) is 76.5 Å². The lowest BCUT2D eigenvalue weighted by molar-refractivity contribution is -0.120. The van der Waals surface area contributed by atoms with Gasteiger partial charge < -0.3 is 5.32 Å². The largest absolute Gasteiger partial charge is 0.378 e. The van der Waals surface area contributed by atoms with Crippen LogP contribution in [0.15, 0.2) is 94.9 Å². The van der Waals surface area contributed by atoms with E-state index < -0.39 is 0 Å². The van der Waals surface area contributed by atoms with Crippen molar-refractivity contribution >= 4 is 40.7 Å². The number of nitrogens with zero attached hydrogens (tertiary/aromatic N) is 1. The van der Waals surface area contributed by atoms with Crippen molar-refractivity contribution in [1.82, 2.24) is 5.43 Å². The first-order chi connectivity index (χ1) is 17.0. The molecule has 5 rings (SSSR count). The van der Waals surface area contributed by atoms with Crippen molar-refractivity contribution < 1.29 is 4.79 Å². The van der Waals surface area contributed by atoms with Crippen LogP contribution in [0, 0.1) is 5.92 Å². The maximum absolute atomic E-state index is 12.6. The molecule has 1 amide bonds. The van der Waals surface area contributed by atoms with Gasteiger partial charge in [0.1, 0.15) is 0 Å². The van der Waals surface area contributed by atoms with E-state index in [4.69, 9.17) is 11.6 Å². The highest BCUT2D eigenvalue weighted by Gasteiger charge is 2.37. The van der Waals surface area contributed by atoms with Crippen molar-refractivity contribution in [2.75, 3.05) is 5.32 Å². The number of thioether (sulfide) groups is 1. The van der Waals surface area contributed by atoms with Crippen molar-refractivity contribution in [3.05, 3.63) is 107 Å². The third kappa shape index (κ3) is 5.16. The number of benzene rings is 3. The molecule has 6 heteroatoms. The highest BCUT2D eigenvalue weighted by atomic mass is 35.5. The first-order valence-corrected chi connectivity index (χ1v) is 13.1. The predicted molar refractivity (Wildman–Crippen MR) is 146 cm³/mol. The minimum absolute atomic E-state index is 0.131. The van der Waals surface area contributed by atoms with Gasteiger partial charge in [-0.05, 0) is 79.3 Å². The Bertz CT molecular complexity index is 1270. The van der Waals surface area contributed by atoms with Crippen LogP contribution >= 0.6 is 23.4 Å². The molecule has 0 bridgehead atoms. The van der Waals surface area contributed by atoms with E-state index in [1.54, 1.807) is 0 Å². The number of anilines is 1. The van der Waals surface area contributed by atoms with Crippen LogP contribution in [0.4, 0.5) is 5.69 Å². The minimum atomic E-state index is -0.278. The van der Waals surface area contributed by atoms with E-state index in [1.807, 2.05) is 38.1 Å². The molecule has 4 atom stereocenters. The second kappa shape index (κ2) is 10.3. The molecule has 1 aliphatic heterocycles. The summed E-state index contributed by atoms with van der Waals surface area (Å²) in [4.78, 5) is 13.6. The molecule has 4 nitrogen and oxygen atoms in total. The Kier molecular flexibility index (Phi) is 6.98. The number of rotatable bonds is 6. The Morgan fingerprint density at radius 3 is 2.66 bits per heavy atom. The number of amides is 1. The zero-order valence-electron chi connectivity index (χ0n) is 19.7. The lowest BCUT2D eigenvalue weighted by atomic mass is 9.76. The van der Waals surface area contributed by atoms with Crippen LogP contribution in [0.3, 0.4) is 0 Å². The zero-order valence-corrected chi connectivity index (χ0v) is 21.3. The highest BCUT2D eigenvalue weighted by molar-refractivity contribution is 8.00. The molecule has 35 heavy (non-hydrogen) atoms. The average Bonchev–Trinajstić information content (AvgIpc) is 3.38. The number of fused-ring (bicyclic) bond motifs is 3. The summed E-state index contributed by atoms with van der Waals surface area (Å²) in [5.41, 5.74) is 8.33. The van der Waals surface area contributed by atoms with Gasteiger partial charge >= 0.3 is 0 Å². The first kappa shape index (κ1) is 23.7. The number of carbonyl (C=O) groups is 1. The molecule has 1 heterocycles. The maximum Gasteiger partial charge on any atom is 0.253 e. The average molecular weight is 502 g/mol. The number of carbonyl (C=O) groups excluding carboxylic acids is 1. The summed E-state index contributed by atoms with van der Waals surface area (Å²) in [5, 5.41) is 8.60. The third-order valence-electron chi connectivity index (χ3n) is 6.77. The minimum Gasteiger partial charge on any atom is -0.378 e. The highest BCUT2D eigenvalue weighted by Crippen LogP contribution is 2.49. The monoisotopic (exact) mass is 501 g/mol. The number of halogens is 1. The van der Waals surface area contributed by atoms with E-state index in [9.17, 15) is 4.79 Å². The Balaban J connectivity index is 1.30. The van der Waals surface area contributed by atoms with Crippen LogP contribution in [-0.4, -0.2) is 16.9 Å². The summed E-state index contributed by atoms with van der Waals surface area (Å²) < 4.78 is 0. The van der Waals surface area contributed by atoms with E-state index in [0.29, 0.717) is 22.9 Å². The molecule has 0 fully saturated rings. The van der Waals surface area contributed by atoms with Crippen LogP contribution in [0.1, 0.15) is 48.9 Å². The molecule has 0 saturated carbocycles. The second-order valence-electron chi connectivity index (χ2n) is 9.08. The van der Waals surface area contributed by atoms with Crippen molar-refractivity contribution in [1.29, 1.82) is 0 Å². The van der Waals surface area contributed by atoms with Crippen LogP contribution in [0.5, 0.6) is 0 Å². The summed E-state index contributed by atoms with van der Waals surface area (Å²) in [6, 6.07) is 24.9. The second-order valence-corrected chi connectivity index (χ2v) is 10.9. The number of nitrogens with one attached hydrogen (secondary N) is 2. The smallest absolute Gasteiger partial charge is 0.253 e. The summed E-state index contributed by atoms with van der Waals surface area (Å²) in [6.07, 6.45) is 5.71. The molecule has 2 aliphatic rings. The van der Waals surface area contributed by atoms with Crippen LogP contribution in [-0.2, 0) is 4.79 Å². The van der Waals surface area contributed by atoms with Gasteiger partial charge in [-0.1, -0.05) is 60.2 Å². The fourth-order valence-electron chi connectivity index (χ4n) is 4.88. The lowest BCUT2D eigenvalue weighted by Crippen LogP contribution is -2.29. The Morgan fingerprint density at radius 1 is 1.11 bits per heavy atom. The SMILES string of the molecule is C/C(=N/NC(=O)[C@@H](C)Sc1ccc(Cl)cc1)c1ccc2c(c1)[C@@H]1C=CC[C@@H]1[C@H](c1ccccc1)N2. The summed E-state index contributed by atoms with van der Waals surface area (Å²) >= 11 is 7.43. The molecule has 3 aromatic rings. The molecule has 0 spiro atoms. The Labute approximate surface area is 215 Å². The molecule has 2 N–H and O–H groups in total. The number of hydrogen-bond donors (Lipinski definition) is 2. The topological polar surface area (TPSA) is 53.5 Å². The fraction of sp³-hybridized carbons (Fsp3) is 0.241. The molecule has 0 aromatic heterocycles. The van der Waals surface area contributed by atoms with Crippen molar-refractivity contribution in [2.45, 2.75) is 42.4 Å². The molecule has 178 valence electrons. The van der Waals surface area contributed by atoms with Crippen LogP contribution < -0.4 is 10.7 Å². The van der Waals surface area contributed by atoms with Gasteiger partial charge in [0.25, 0.3) is 5.91 Å². The molecule has 0 radical (unpaired) electrons. The van der Waals surface area contributed by atoms with Crippen LogP contribution in [0.25, 0.3) is 0 Å². The first-order valence-electron chi connectivity index (χ1n) is 11.9. The van der Waals surface area contributed by atoms with Gasteiger partial charge in [0, 0.05) is 21.5 Å². The van der Waals surface area contributed by atoms with Gasteiger partial charge in [-0.15, -0.1) is 11.8 Å². The normalized spacial score (nSPS) is 21.6. The van der Waals surface area contributed by atoms with Gasteiger partial charge in [0.2, 0.25) is 0 Å². The molecule has 0 saturated heterocycles. The molecule has 3 aromatic carbocycles. The van der Waals surface area contributed by atoms with Crippen molar-refractivity contribution in [3.63, 3.8) is 0 Å².